The van der Waals surface area contributed by atoms with E-state index in [-0.39, 0.29) is 12.1 Å². The van der Waals surface area contributed by atoms with E-state index in [1.165, 1.54) is 10.6 Å². The average molecular weight is 396 g/mol. The third-order valence-electron chi connectivity index (χ3n) is 5.13. The van der Waals surface area contributed by atoms with Crippen molar-refractivity contribution in [3.63, 3.8) is 0 Å². The molecule has 1 saturated heterocycles. The summed E-state index contributed by atoms with van der Waals surface area (Å²) >= 11 is 0. The molecule has 0 atom stereocenters. The number of piperidine rings is 1. The summed E-state index contributed by atoms with van der Waals surface area (Å²) in [5.74, 6) is 6.76. The average Bonchev–Trinajstić information content (AvgIpc) is 2.60. The molecule has 1 aliphatic heterocycles. The SMILES string of the molecule is CC(C)N(N)C1=C(N)CCc2cnc(NC3CCN(S(C)(=O)=O)CC3)nc21. The largest absolute Gasteiger partial charge is 0.400 e. The number of nitrogens with zero attached hydrogens (tertiary/aromatic N) is 4. The number of nitrogens with two attached hydrogens (primary N) is 2. The number of sulfonamides is 1. The molecule has 0 unspecified atom stereocenters. The van der Waals surface area contributed by atoms with Gasteiger partial charge in [-0.25, -0.2) is 28.5 Å². The van der Waals surface area contributed by atoms with Gasteiger partial charge in [0, 0.05) is 37.1 Å². The van der Waals surface area contributed by atoms with Crippen LogP contribution in [0.15, 0.2) is 11.9 Å². The number of hydrazine groups is 1. The molecule has 0 saturated carbocycles. The van der Waals surface area contributed by atoms with Crippen LogP contribution >= 0.6 is 0 Å². The van der Waals surface area contributed by atoms with E-state index in [9.17, 15) is 8.42 Å². The van der Waals surface area contributed by atoms with Gasteiger partial charge in [0.2, 0.25) is 16.0 Å². The first-order chi connectivity index (χ1) is 12.7. The molecule has 10 heteroatoms. The van der Waals surface area contributed by atoms with E-state index in [1.54, 1.807) is 5.01 Å². The molecule has 1 fully saturated rings. The fourth-order valence-electron chi connectivity index (χ4n) is 3.46. The molecular formula is C17H29N7O2S. The number of hydrogen-bond donors (Lipinski definition) is 3. The molecule has 1 aliphatic carbocycles. The molecule has 1 aromatic heterocycles. The van der Waals surface area contributed by atoms with E-state index < -0.39 is 10.0 Å². The van der Waals surface area contributed by atoms with Crippen LogP contribution in [0.3, 0.4) is 0 Å². The summed E-state index contributed by atoms with van der Waals surface area (Å²) in [6.07, 6.45) is 6.04. The van der Waals surface area contributed by atoms with Crippen molar-refractivity contribution >= 4 is 21.7 Å². The Morgan fingerprint density at radius 2 is 1.96 bits per heavy atom. The first-order valence-corrected chi connectivity index (χ1v) is 11.1. The summed E-state index contributed by atoms with van der Waals surface area (Å²) in [7, 11) is -3.13. The van der Waals surface area contributed by atoms with Crippen LogP contribution in [0, 0.1) is 0 Å². The minimum Gasteiger partial charge on any atom is -0.400 e. The van der Waals surface area contributed by atoms with Crippen molar-refractivity contribution in [1.82, 2.24) is 19.3 Å². The number of allylic oxidation sites excluding steroid dienone is 1. The molecule has 0 bridgehead atoms. The third kappa shape index (κ3) is 4.33. The van der Waals surface area contributed by atoms with Crippen LogP contribution in [-0.2, 0) is 16.4 Å². The van der Waals surface area contributed by atoms with Crippen molar-refractivity contribution in [2.75, 3.05) is 24.7 Å². The van der Waals surface area contributed by atoms with E-state index in [4.69, 9.17) is 16.6 Å². The monoisotopic (exact) mass is 395 g/mol. The lowest BCUT2D eigenvalue weighted by Gasteiger charge is -2.32. The lowest BCUT2D eigenvalue weighted by Crippen LogP contribution is -2.42. The number of aromatic nitrogens is 2. The van der Waals surface area contributed by atoms with Crippen LogP contribution in [-0.4, -0.2) is 59.1 Å². The number of hydrogen-bond acceptors (Lipinski definition) is 8. The highest BCUT2D eigenvalue weighted by Crippen LogP contribution is 2.30. The van der Waals surface area contributed by atoms with Gasteiger partial charge in [0.25, 0.3) is 0 Å². The van der Waals surface area contributed by atoms with E-state index in [2.05, 4.69) is 10.3 Å². The van der Waals surface area contributed by atoms with Crippen molar-refractivity contribution in [1.29, 1.82) is 0 Å². The Hall–Kier alpha value is -1.91. The smallest absolute Gasteiger partial charge is 0.223 e. The quantitative estimate of drug-likeness (QED) is 0.484. The lowest BCUT2D eigenvalue weighted by molar-refractivity contribution is 0.331. The second kappa shape index (κ2) is 7.61. The second-order valence-electron chi connectivity index (χ2n) is 7.52. The van der Waals surface area contributed by atoms with E-state index in [0.29, 0.717) is 31.9 Å². The highest BCUT2D eigenvalue weighted by molar-refractivity contribution is 7.88. The molecule has 0 aromatic carbocycles. The van der Waals surface area contributed by atoms with Gasteiger partial charge < -0.3 is 16.1 Å². The number of fused-ring (bicyclic) bond motifs is 1. The molecule has 9 nitrogen and oxygen atoms in total. The molecule has 3 rings (SSSR count). The number of rotatable bonds is 5. The molecule has 0 spiro atoms. The maximum atomic E-state index is 11.6. The summed E-state index contributed by atoms with van der Waals surface area (Å²) in [6.45, 7) is 5.02. The number of anilines is 1. The standard InChI is InChI=1S/C17H29N7O2S/c1-11(2)24(19)16-14(18)5-4-12-10-20-17(22-15(12)16)21-13-6-8-23(9-7-13)27(3,25)26/h10-11,13H,4-9,18-19H2,1-3H3,(H,20,21,22). The molecule has 0 amide bonds. The van der Waals surface area contributed by atoms with Gasteiger partial charge in [-0.15, -0.1) is 0 Å². The zero-order valence-electron chi connectivity index (χ0n) is 16.1. The molecule has 1 aromatic rings. The van der Waals surface area contributed by atoms with Gasteiger partial charge in [-0.3, -0.25) is 0 Å². The van der Waals surface area contributed by atoms with E-state index in [1.807, 2.05) is 20.0 Å². The summed E-state index contributed by atoms with van der Waals surface area (Å²) in [6, 6.07) is 0.227. The molecule has 5 N–H and O–H groups in total. The van der Waals surface area contributed by atoms with Crippen molar-refractivity contribution in [3.05, 3.63) is 23.2 Å². The second-order valence-corrected chi connectivity index (χ2v) is 9.51. The molecule has 27 heavy (non-hydrogen) atoms. The Morgan fingerprint density at radius 1 is 1.30 bits per heavy atom. The van der Waals surface area contributed by atoms with Crippen LogP contribution in [0.4, 0.5) is 5.95 Å². The summed E-state index contributed by atoms with van der Waals surface area (Å²) in [5, 5.41) is 5.00. The predicted octanol–water partition coefficient (Wildman–Crippen LogP) is 0.470. The number of nitrogens with one attached hydrogen (secondary N) is 1. The molecule has 2 aliphatic rings. The van der Waals surface area contributed by atoms with Crippen molar-refractivity contribution in [2.45, 2.75) is 51.6 Å². The third-order valence-corrected chi connectivity index (χ3v) is 6.43. The van der Waals surface area contributed by atoms with Crippen LogP contribution < -0.4 is 16.9 Å². The van der Waals surface area contributed by atoms with Crippen LogP contribution in [0.25, 0.3) is 5.70 Å². The Bertz CT molecular complexity index is 830. The van der Waals surface area contributed by atoms with Crippen molar-refractivity contribution < 1.29 is 8.42 Å². The highest BCUT2D eigenvalue weighted by Gasteiger charge is 2.27. The van der Waals surface area contributed by atoms with Crippen molar-refractivity contribution in [2.24, 2.45) is 11.6 Å². The Kier molecular flexibility index (Phi) is 5.59. The number of aryl methyl sites for hydroxylation is 1. The van der Waals surface area contributed by atoms with Gasteiger partial charge in [0.15, 0.2) is 0 Å². The topological polar surface area (TPSA) is 130 Å². The summed E-state index contributed by atoms with van der Waals surface area (Å²) < 4.78 is 24.8. The molecule has 0 radical (unpaired) electrons. The summed E-state index contributed by atoms with van der Waals surface area (Å²) in [5.41, 5.74) is 9.56. The van der Waals surface area contributed by atoms with Gasteiger partial charge in [0.05, 0.1) is 17.6 Å². The normalized spacial score (nSPS) is 19.3. The van der Waals surface area contributed by atoms with Gasteiger partial charge in [-0.05, 0) is 45.1 Å². The van der Waals surface area contributed by atoms with Gasteiger partial charge >= 0.3 is 0 Å². The van der Waals surface area contributed by atoms with Crippen molar-refractivity contribution in [3.8, 4) is 0 Å². The molecule has 2 heterocycles. The fraction of sp³-hybridized carbons (Fsp3) is 0.647. The first kappa shape index (κ1) is 19.8. The zero-order chi connectivity index (χ0) is 19.8. The fourth-order valence-corrected chi connectivity index (χ4v) is 4.34. The maximum Gasteiger partial charge on any atom is 0.223 e. The highest BCUT2D eigenvalue weighted by atomic mass is 32.2. The van der Waals surface area contributed by atoms with Crippen LogP contribution in [0.5, 0.6) is 0 Å². The lowest BCUT2D eigenvalue weighted by atomic mass is 9.97. The van der Waals surface area contributed by atoms with Crippen LogP contribution in [0.2, 0.25) is 0 Å². The van der Waals surface area contributed by atoms with Gasteiger partial charge in [0.1, 0.15) is 0 Å². The Balaban J connectivity index is 1.77. The zero-order valence-corrected chi connectivity index (χ0v) is 17.0. The van der Waals surface area contributed by atoms with Crippen LogP contribution in [0.1, 0.15) is 44.4 Å². The molecular weight excluding hydrogens is 366 g/mol. The van der Waals surface area contributed by atoms with Gasteiger partial charge in [-0.1, -0.05) is 0 Å². The van der Waals surface area contributed by atoms with E-state index >= 15 is 0 Å². The minimum absolute atomic E-state index is 0.0937. The van der Waals surface area contributed by atoms with E-state index in [0.717, 1.165) is 35.5 Å². The Labute approximate surface area is 160 Å². The molecule has 150 valence electrons. The van der Waals surface area contributed by atoms with Gasteiger partial charge in [-0.2, -0.15) is 0 Å². The Morgan fingerprint density at radius 3 is 2.56 bits per heavy atom. The first-order valence-electron chi connectivity index (χ1n) is 9.27. The minimum atomic E-state index is -3.13. The predicted molar refractivity (Wildman–Crippen MR) is 106 cm³/mol. The maximum absolute atomic E-state index is 11.6. The summed E-state index contributed by atoms with van der Waals surface area (Å²) in [4.78, 5) is 9.14.